The Labute approximate surface area is 125 Å². The molecular formula is C18H21NO2. The van der Waals surface area contributed by atoms with Gasteiger partial charge in [-0.1, -0.05) is 48.5 Å². The highest BCUT2D eigenvalue weighted by atomic mass is 16.5. The number of aliphatic hydroxyl groups is 1. The number of rotatable bonds is 4. The van der Waals surface area contributed by atoms with E-state index >= 15 is 0 Å². The van der Waals surface area contributed by atoms with Crippen LogP contribution in [0.25, 0.3) is 0 Å². The van der Waals surface area contributed by atoms with Crippen LogP contribution in [0.15, 0.2) is 54.6 Å². The zero-order chi connectivity index (χ0) is 14.9. The molecule has 0 radical (unpaired) electrons. The van der Waals surface area contributed by atoms with Gasteiger partial charge in [0.25, 0.3) is 0 Å². The summed E-state index contributed by atoms with van der Waals surface area (Å²) in [7, 11) is 0. The zero-order valence-corrected chi connectivity index (χ0v) is 12.4. The molecule has 1 aliphatic rings. The fraction of sp³-hybridized carbons (Fsp3) is 0.333. The zero-order valence-electron chi connectivity index (χ0n) is 12.4. The first-order valence-electron chi connectivity index (χ1n) is 7.32. The van der Waals surface area contributed by atoms with Gasteiger partial charge in [0.1, 0.15) is 11.4 Å². The van der Waals surface area contributed by atoms with Gasteiger partial charge >= 0.3 is 0 Å². The average Bonchev–Trinajstić information content (AvgIpc) is 2.75. The summed E-state index contributed by atoms with van der Waals surface area (Å²) >= 11 is 0. The molecule has 3 heteroatoms. The molecule has 2 atom stereocenters. The van der Waals surface area contributed by atoms with E-state index in [1.54, 1.807) is 0 Å². The van der Waals surface area contributed by atoms with Gasteiger partial charge in [-0.15, -0.1) is 0 Å². The maximum Gasteiger partial charge on any atom is 0.125 e. The Kier molecular flexibility index (Phi) is 3.70. The van der Waals surface area contributed by atoms with Crippen LogP contribution in [0.5, 0.6) is 5.75 Å². The van der Waals surface area contributed by atoms with E-state index in [2.05, 4.69) is 25.2 Å². The number of hydrogen-bond donors (Lipinski definition) is 2. The summed E-state index contributed by atoms with van der Waals surface area (Å²) in [5.74, 6) is 0.925. The first kappa shape index (κ1) is 14.1. The predicted octanol–water partition coefficient (Wildman–Crippen LogP) is 3.22. The van der Waals surface area contributed by atoms with E-state index in [1.165, 1.54) is 0 Å². The summed E-state index contributed by atoms with van der Waals surface area (Å²) in [6.07, 6.45) is -0.519. The molecule has 21 heavy (non-hydrogen) atoms. The lowest BCUT2D eigenvalue weighted by Gasteiger charge is -2.28. The molecule has 3 rings (SSSR count). The third-order valence-corrected chi connectivity index (χ3v) is 4.00. The molecule has 0 saturated heterocycles. The lowest BCUT2D eigenvalue weighted by molar-refractivity contribution is 0.0856. The lowest BCUT2D eigenvalue weighted by atomic mass is 9.94. The van der Waals surface area contributed by atoms with Crippen molar-refractivity contribution in [2.45, 2.75) is 31.6 Å². The molecule has 0 bridgehead atoms. The van der Waals surface area contributed by atoms with Crippen molar-refractivity contribution in [1.29, 1.82) is 0 Å². The number of nitrogens with one attached hydrogen (secondary N) is 1. The SMILES string of the molecule is CC1(C)Oc2ccccc2C1NCC(O)c1ccccc1. The minimum absolute atomic E-state index is 0.0760. The highest BCUT2D eigenvalue weighted by molar-refractivity contribution is 5.42. The molecule has 2 unspecified atom stereocenters. The fourth-order valence-corrected chi connectivity index (χ4v) is 2.91. The van der Waals surface area contributed by atoms with Crippen LogP contribution in [0.1, 0.15) is 37.1 Å². The molecule has 0 fully saturated rings. The molecule has 3 nitrogen and oxygen atoms in total. The molecule has 110 valence electrons. The minimum Gasteiger partial charge on any atom is -0.486 e. The molecule has 1 heterocycles. The number of ether oxygens (including phenoxy) is 1. The Morgan fingerprint density at radius 3 is 2.52 bits per heavy atom. The quantitative estimate of drug-likeness (QED) is 0.905. The standard InChI is InChI=1S/C18H21NO2/c1-18(2)17(14-10-6-7-11-16(14)21-18)19-12-15(20)13-8-4-3-5-9-13/h3-11,15,17,19-20H,12H2,1-2H3. The Hall–Kier alpha value is -1.84. The lowest BCUT2D eigenvalue weighted by Crippen LogP contribution is -2.40. The first-order valence-corrected chi connectivity index (χ1v) is 7.32. The van der Waals surface area contributed by atoms with Gasteiger partial charge < -0.3 is 15.2 Å². The summed E-state index contributed by atoms with van der Waals surface area (Å²) in [5, 5.41) is 13.7. The van der Waals surface area contributed by atoms with Crippen LogP contribution in [-0.4, -0.2) is 17.3 Å². The van der Waals surface area contributed by atoms with Crippen molar-refractivity contribution in [3.05, 3.63) is 65.7 Å². The fourth-order valence-electron chi connectivity index (χ4n) is 2.91. The van der Waals surface area contributed by atoms with E-state index in [1.807, 2.05) is 48.5 Å². The number of hydrogen-bond acceptors (Lipinski definition) is 3. The van der Waals surface area contributed by atoms with Crippen molar-refractivity contribution in [2.24, 2.45) is 0 Å². The van der Waals surface area contributed by atoms with Crippen LogP contribution < -0.4 is 10.1 Å². The van der Waals surface area contributed by atoms with Crippen molar-refractivity contribution in [1.82, 2.24) is 5.32 Å². The van der Waals surface area contributed by atoms with E-state index in [-0.39, 0.29) is 11.6 Å². The highest BCUT2D eigenvalue weighted by Crippen LogP contribution is 2.42. The van der Waals surface area contributed by atoms with Crippen LogP contribution in [0.3, 0.4) is 0 Å². The largest absolute Gasteiger partial charge is 0.486 e. The van der Waals surface area contributed by atoms with Crippen LogP contribution in [0.4, 0.5) is 0 Å². The Bertz CT molecular complexity index is 610. The van der Waals surface area contributed by atoms with Crippen LogP contribution in [0.2, 0.25) is 0 Å². The van der Waals surface area contributed by atoms with Crippen molar-refractivity contribution >= 4 is 0 Å². The number of benzene rings is 2. The second-order valence-electron chi connectivity index (χ2n) is 6.01. The molecule has 0 amide bonds. The predicted molar refractivity (Wildman–Crippen MR) is 83.3 cm³/mol. The third kappa shape index (κ3) is 2.80. The van der Waals surface area contributed by atoms with E-state index in [4.69, 9.17) is 4.74 Å². The van der Waals surface area contributed by atoms with E-state index < -0.39 is 6.10 Å². The Morgan fingerprint density at radius 2 is 1.76 bits per heavy atom. The summed E-state index contributed by atoms with van der Waals surface area (Å²) in [4.78, 5) is 0. The average molecular weight is 283 g/mol. The molecule has 2 aromatic carbocycles. The summed E-state index contributed by atoms with van der Waals surface area (Å²) in [6.45, 7) is 4.63. The molecule has 0 spiro atoms. The number of para-hydroxylation sites is 1. The van der Waals surface area contributed by atoms with Crippen LogP contribution in [-0.2, 0) is 0 Å². The van der Waals surface area contributed by atoms with Gasteiger partial charge in [-0.3, -0.25) is 0 Å². The Morgan fingerprint density at radius 1 is 1.10 bits per heavy atom. The van der Waals surface area contributed by atoms with Gasteiger partial charge in [0, 0.05) is 12.1 Å². The molecule has 0 aromatic heterocycles. The van der Waals surface area contributed by atoms with Crippen molar-refractivity contribution in [3.63, 3.8) is 0 Å². The third-order valence-electron chi connectivity index (χ3n) is 4.00. The van der Waals surface area contributed by atoms with Crippen molar-refractivity contribution in [2.75, 3.05) is 6.54 Å². The molecule has 2 aromatic rings. The summed E-state index contributed by atoms with van der Waals surface area (Å²) in [6, 6.07) is 17.9. The molecule has 2 N–H and O–H groups in total. The maximum absolute atomic E-state index is 10.3. The summed E-state index contributed by atoms with van der Waals surface area (Å²) in [5.41, 5.74) is 1.76. The second-order valence-corrected chi connectivity index (χ2v) is 6.01. The van der Waals surface area contributed by atoms with Gasteiger partial charge in [0.05, 0.1) is 12.1 Å². The number of aliphatic hydroxyl groups excluding tert-OH is 1. The van der Waals surface area contributed by atoms with Gasteiger partial charge in [0.15, 0.2) is 0 Å². The van der Waals surface area contributed by atoms with E-state index in [0.717, 1.165) is 16.9 Å². The normalized spacial score (nSPS) is 20.6. The van der Waals surface area contributed by atoms with Gasteiger partial charge in [0.2, 0.25) is 0 Å². The van der Waals surface area contributed by atoms with E-state index in [0.29, 0.717) is 6.54 Å². The molecular weight excluding hydrogens is 262 g/mol. The van der Waals surface area contributed by atoms with Crippen molar-refractivity contribution < 1.29 is 9.84 Å². The smallest absolute Gasteiger partial charge is 0.125 e. The topological polar surface area (TPSA) is 41.5 Å². The van der Waals surface area contributed by atoms with Crippen LogP contribution >= 0.6 is 0 Å². The molecule has 0 saturated carbocycles. The first-order chi connectivity index (χ1) is 10.1. The van der Waals surface area contributed by atoms with Crippen LogP contribution in [0, 0.1) is 0 Å². The van der Waals surface area contributed by atoms with E-state index in [9.17, 15) is 5.11 Å². The highest BCUT2D eigenvalue weighted by Gasteiger charge is 2.40. The maximum atomic E-state index is 10.3. The molecule has 0 aliphatic carbocycles. The monoisotopic (exact) mass is 283 g/mol. The summed E-state index contributed by atoms with van der Waals surface area (Å²) < 4.78 is 6.00. The van der Waals surface area contributed by atoms with Crippen molar-refractivity contribution in [3.8, 4) is 5.75 Å². The molecule has 1 aliphatic heterocycles. The van der Waals surface area contributed by atoms with Gasteiger partial charge in [-0.05, 0) is 25.5 Å². The number of fused-ring (bicyclic) bond motifs is 1. The second kappa shape index (κ2) is 5.51. The Balaban J connectivity index is 1.73. The minimum atomic E-state index is -0.519. The van der Waals surface area contributed by atoms with Gasteiger partial charge in [-0.2, -0.15) is 0 Å². The van der Waals surface area contributed by atoms with Gasteiger partial charge in [-0.25, -0.2) is 0 Å².